The van der Waals surface area contributed by atoms with Crippen LogP contribution in [0.25, 0.3) is 0 Å². The summed E-state index contributed by atoms with van der Waals surface area (Å²) in [5.41, 5.74) is 0.819. The molecule has 1 aliphatic rings. The molecule has 0 bridgehead atoms. The number of aliphatic carboxylic acids is 1. The molecule has 0 aromatic heterocycles. The molecular formula is C14H18O4. The number of carbonyl (C=O) groups is 1. The lowest BCUT2D eigenvalue weighted by atomic mass is 9.62. The average Bonchev–Trinajstić information content (AvgIpc) is 2.32. The fourth-order valence-corrected chi connectivity index (χ4v) is 2.63. The van der Waals surface area contributed by atoms with Crippen LogP contribution in [0.1, 0.15) is 31.2 Å². The standard InChI is InChI=1S/C14H18O4/c1-17-11-5-4-10(8-12(11)18-2)14(6-3-7-14)9-13(15)16/h4-5,8H,3,6-7,9H2,1-2H3,(H,15,16). The van der Waals surface area contributed by atoms with Crippen LogP contribution in [0.15, 0.2) is 18.2 Å². The van der Waals surface area contributed by atoms with Crippen LogP contribution >= 0.6 is 0 Å². The predicted octanol–water partition coefficient (Wildman–Crippen LogP) is 2.60. The van der Waals surface area contributed by atoms with Crippen molar-refractivity contribution < 1.29 is 19.4 Å². The molecule has 0 unspecified atom stereocenters. The van der Waals surface area contributed by atoms with Crippen LogP contribution in [-0.4, -0.2) is 25.3 Å². The Balaban J connectivity index is 2.34. The molecule has 2 rings (SSSR count). The summed E-state index contributed by atoms with van der Waals surface area (Å²) in [6, 6.07) is 5.69. The Morgan fingerprint density at radius 1 is 1.28 bits per heavy atom. The minimum atomic E-state index is -0.746. The van der Waals surface area contributed by atoms with E-state index in [0.29, 0.717) is 11.5 Å². The molecule has 0 saturated heterocycles. The Labute approximate surface area is 107 Å². The van der Waals surface area contributed by atoms with Crippen LogP contribution in [0.5, 0.6) is 11.5 Å². The molecule has 1 saturated carbocycles. The van der Waals surface area contributed by atoms with Gasteiger partial charge in [0, 0.05) is 5.41 Å². The highest BCUT2D eigenvalue weighted by atomic mass is 16.5. The second-order valence-corrected chi connectivity index (χ2v) is 4.77. The van der Waals surface area contributed by atoms with Gasteiger partial charge in [-0.2, -0.15) is 0 Å². The zero-order chi connectivity index (χ0) is 13.2. The smallest absolute Gasteiger partial charge is 0.304 e. The van der Waals surface area contributed by atoms with E-state index in [4.69, 9.17) is 14.6 Å². The van der Waals surface area contributed by atoms with E-state index in [2.05, 4.69) is 0 Å². The highest BCUT2D eigenvalue weighted by Crippen LogP contribution is 2.48. The largest absolute Gasteiger partial charge is 0.493 e. The summed E-state index contributed by atoms with van der Waals surface area (Å²) in [5.74, 6) is 0.585. The fraction of sp³-hybridized carbons (Fsp3) is 0.500. The molecule has 1 N–H and O–H groups in total. The first-order valence-electron chi connectivity index (χ1n) is 6.05. The van der Waals surface area contributed by atoms with Crippen LogP contribution in [0.3, 0.4) is 0 Å². The van der Waals surface area contributed by atoms with E-state index >= 15 is 0 Å². The van der Waals surface area contributed by atoms with Crippen LogP contribution in [0.2, 0.25) is 0 Å². The van der Waals surface area contributed by atoms with Crippen molar-refractivity contribution in [3.8, 4) is 11.5 Å². The van der Waals surface area contributed by atoms with Gasteiger partial charge in [-0.1, -0.05) is 12.5 Å². The Morgan fingerprint density at radius 2 is 1.94 bits per heavy atom. The monoisotopic (exact) mass is 250 g/mol. The maximum absolute atomic E-state index is 11.0. The third-order valence-electron chi connectivity index (χ3n) is 3.80. The number of methoxy groups -OCH3 is 2. The topological polar surface area (TPSA) is 55.8 Å². The van der Waals surface area contributed by atoms with Crippen LogP contribution in [-0.2, 0) is 10.2 Å². The van der Waals surface area contributed by atoms with Gasteiger partial charge in [-0.05, 0) is 30.5 Å². The molecule has 4 nitrogen and oxygen atoms in total. The lowest BCUT2D eigenvalue weighted by molar-refractivity contribution is -0.139. The fourth-order valence-electron chi connectivity index (χ4n) is 2.63. The van der Waals surface area contributed by atoms with E-state index in [9.17, 15) is 4.79 Å². The molecule has 4 heteroatoms. The summed E-state index contributed by atoms with van der Waals surface area (Å²) in [7, 11) is 3.18. The van der Waals surface area contributed by atoms with Crippen molar-refractivity contribution in [1.82, 2.24) is 0 Å². The van der Waals surface area contributed by atoms with Crippen molar-refractivity contribution in [2.75, 3.05) is 14.2 Å². The first kappa shape index (κ1) is 12.7. The van der Waals surface area contributed by atoms with Gasteiger partial charge in [0.05, 0.1) is 20.6 Å². The number of carboxylic acids is 1. The third kappa shape index (κ3) is 2.15. The van der Waals surface area contributed by atoms with Crippen molar-refractivity contribution in [1.29, 1.82) is 0 Å². The van der Waals surface area contributed by atoms with Crippen molar-refractivity contribution in [2.24, 2.45) is 0 Å². The van der Waals surface area contributed by atoms with Crippen molar-refractivity contribution in [2.45, 2.75) is 31.1 Å². The summed E-state index contributed by atoms with van der Waals surface area (Å²) in [4.78, 5) is 11.0. The summed E-state index contributed by atoms with van der Waals surface area (Å²) in [5, 5.41) is 9.05. The molecule has 0 atom stereocenters. The van der Waals surface area contributed by atoms with Crippen molar-refractivity contribution >= 4 is 5.97 Å². The summed E-state index contributed by atoms with van der Waals surface area (Å²) < 4.78 is 10.5. The van der Waals surface area contributed by atoms with Crippen LogP contribution in [0, 0.1) is 0 Å². The van der Waals surface area contributed by atoms with E-state index < -0.39 is 5.97 Å². The number of ether oxygens (including phenoxy) is 2. The molecule has 1 fully saturated rings. The Morgan fingerprint density at radius 3 is 2.39 bits per heavy atom. The molecule has 0 radical (unpaired) electrons. The van der Waals surface area contributed by atoms with E-state index in [1.165, 1.54) is 0 Å². The minimum Gasteiger partial charge on any atom is -0.493 e. The summed E-state index contributed by atoms with van der Waals surface area (Å²) in [6.45, 7) is 0. The number of hydrogen-bond donors (Lipinski definition) is 1. The highest BCUT2D eigenvalue weighted by molar-refractivity contribution is 5.69. The second kappa shape index (κ2) is 4.88. The molecule has 18 heavy (non-hydrogen) atoms. The zero-order valence-corrected chi connectivity index (χ0v) is 10.7. The van der Waals surface area contributed by atoms with E-state index in [-0.39, 0.29) is 11.8 Å². The SMILES string of the molecule is COc1ccc(C2(CC(=O)O)CCC2)cc1OC. The maximum atomic E-state index is 11.0. The average molecular weight is 250 g/mol. The number of carboxylic acid groups (broad SMARTS) is 1. The maximum Gasteiger partial charge on any atom is 0.304 e. The molecule has 1 aliphatic carbocycles. The lowest BCUT2D eigenvalue weighted by Crippen LogP contribution is -2.36. The minimum absolute atomic E-state index is 0.183. The van der Waals surface area contributed by atoms with Crippen molar-refractivity contribution in [3.63, 3.8) is 0 Å². The molecule has 0 amide bonds. The molecule has 98 valence electrons. The number of benzene rings is 1. The molecule has 0 aliphatic heterocycles. The zero-order valence-electron chi connectivity index (χ0n) is 10.7. The predicted molar refractivity (Wildman–Crippen MR) is 67.3 cm³/mol. The molecular weight excluding hydrogens is 232 g/mol. The first-order valence-corrected chi connectivity index (χ1v) is 6.05. The van der Waals surface area contributed by atoms with Gasteiger partial charge in [0.2, 0.25) is 0 Å². The Bertz CT molecular complexity index is 449. The molecule has 1 aromatic rings. The highest BCUT2D eigenvalue weighted by Gasteiger charge is 2.40. The van der Waals surface area contributed by atoms with Gasteiger partial charge >= 0.3 is 5.97 Å². The second-order valence-electron chi connectivity index (χ2n) is 4.77. The quantitative estimate of drug-likeness (QED) is 0.872. The van der Waals surface area contributed by atoms with Gasteiger partial charge in [-0.3, -0.25) is 4.79 Å². The van der Waals surface area contributed by atoms with Gasteiger partial charge in [0.15, 0.2) is 11.5 Å². The summed E-state index contributed by atoms with van der Waals surface area (Å²) >= 11 is 0. The third-order valence-corrected chi connectivity index (χ3v) is 3.80. The van der Waals surface area contributed by atoms with Crippen molar-refractivity contribution in [3.05, 3.63) is 23.8 Å². The van der Waals surface area contributed by atoms with Gasteiger partial charge in [0.25, 0.3) is 0 Å². The normalized spacial score (nSPS) is 16.8. The van der Waals surface area contributed by atoms with Gasteiger partial charge in [-0.15, -0.1) is 0 Å². The summed E-state index contributed by atoms with van der Waals surface area (Å²) in [6.07, 6.45) is 3.12. The van der Waals surface area contributed by atoms with E-state index in [0.717, 1.165) is 24.8 Å². The lowest BCUT2D eigenvalue weighted by Gasteiger charge is -2.41. The van der Waals surface area contributed by atoms with Crippen LogP contribution < -0.4 is 9.47 Å². The molecule has 0 spiro atoms. The first-order chi connectivity index (χ1) is 8.61. The Hall–Kier alpha value is -1.71. The van der Waals surface area contributed by atoms with E-state index in [1.807, 2.05) is 18.2 Å². The Kier molecular flexibility index (Phi) is 3.45. The van der Waals surface area contributed by atoms with Gasteiger partial charge in [0.1, 0.15) is 0 Å². The van der Waals surface area contributed by atoms with Gasteiger partial charge in [-0.25, -0.2) is 0 Å². The van der Waals surface area contributed by atoms with E-state index in [1.54, 1.807) is 14.2 Å². The molecule has 0 heterocycles. The van der Waals surface area contributed by atoms with Crippen LogP contribution in [0.4, 0.5) is 0 Å². The molecule has 1 aromatic carbocycles. The number of rotatable bonds is 5. The number of hydrogen-bond acceptors (Lipinski definition) is 3. The van der Waals surface area contributed by atoms with Gasteiger partial charge < -0.3 is 14.6 Å².